The van der Waals surface area contributed by atoms with Crippen molar-refractivity contribution in [1.82, 2.24) is 4.31 Å². The number of sulfonamides is 1. The molecule has 0 amide bonds. The molecule has 1 unspecified atom stereocenters. The maximum absolute atomic E-state index is 12.5. The lowest BCUT2D eigenvalue weighted by atomic mass is 10.1. The average molecular weight is 304 g/mol. The quantitative estimate of drug-likeness (QED) is 0.854. The maximum Gasteiger partial charge on any atom is 0.347 e. The first-order valence-corrected chi connectivity index (χ1v) is 8.21. The highest BCUT2D eigenvalue weighted by Gasteiger charge is 2.36. The number of carbonyl (C=O) groups is 1. The first-order chi connectivity index (χ1) is 8.87. The molecule has 0 spiro atoms. The molecule has 0 radical (unpaired) electrons. The molecule has 0 bridgehead atoms. The summed E-state index contributed by atoms with van der Waals surface area (Å²) < 4.78 is 26.4. The second-order valence-electron chi connectivity index (χ2n) is 4.64. The summed E-state index contributed by atoms with van der Waals surface area (Å²) in [5.41, 5.74) is 6.04. The molecule has 1 saturated heterocycles. The molecule has 0 aliphatic carbocycles. The van der Waals surface area contributed by atoms with Gasteiger partial charge in [0.05, 0.1) is 0 Å². The number of hydrogen-bond acceptors (Lipinski definition) is 5. The predicted octanol–water partition coefficient (Wildman–Crippen LogP) is 0.724. The summed E-state index contributed by atoms with van der Waals surface area (Å²) in [7, 11) is -3.74. The van der Waals surface area contributed by atoms with Gasteiger partial charge in [0.15, 0.2) is 0 Å². The topological polar surface area (TPSA) is 101 Å². The highest BCUT2D eigenvalue weighted by molar-refractivity contribution is 7.89. The van der Waals surface area contributed by atoms with Gasteiger partial charge in [-0.1, -0.05) is 0 Å². The van der Waals surface area contributed by atoms with Gasteiger partial charge in [-0.15, -0.1) is 11.3 Å². The van der Waals surface area contributed by atoms with Crippen LogP contribution in [0.5, 0.6) is 0 Å². The van der Waals surface area contributed by atoms with Crippen molar-refractivity contribution < 1.29 is 18.3 Å². The monoisotopic (exact) mass is 304 g/mol. The molecule has 0 aromatic carbocycles. The van der Waals surface area contributed by atoms with E-state index in [1.807, 2.05) is 0 Å². The molecule has 0 saturated carbocycles. The third kappa shape index (κ3) is 2.53. The number of aromatic carboxylic acids is 1. The first kappa shape index (κ1) is 14.4. The van der Waals surface area contributed by atoms with Crippen molar-refractivity contribution in [2.24, 2.45) is 11.7 Å². The largest absolute Gasteiger partial charge is 0.477 e. The molecule has 3 N–H and O–H groups in total. The van der Waals surface area contributed by atoms with Gasteiger partial charge in [-0.25, -0.2) is 13.2 Å². The molecule has 1 aliphatic rings. The fraction of sp³-hybridized carbons (Fsp3) is 0.545. The second kappa shape index (κ2) is 5.20. The van der Waals surface area contributed by atoms with Gasteiger partial charge >= 0.3 is 5.97 Å². The van der Waals surface area contributed by atoms with E-state index in [9.17, 15) is 13.2 Å². The van der Waals surface area contributed by atoms with E-state index in [0.29, 0.717) is 25.2 Å². The number of carboxylic acid groups (broad SMARTS) is 1. The number of aryl methyl sites for hydroxylation is 1. The van der Waals surface area contributed by atoms with Crippen LogP contribution in [0.25, 0.3) is 0 Å². The van der Waals surface area contributed by atoms with E-state index in [1.165, 1.54) is 4.31 Å². The molecule has 6 nitrogen and oxygen atoms in total. The van der Waals surface area contributed by atoms with Gasteiger partial charge in [0.1, 0.15) is 9.77 Å². The minimum atomic E-state index is -3.74. The number of thiophene rings is 1. The van der Waals surface area contributed by atoms with Crippen molar-refractivity contribution in [3.8, 4) is 0 Å². The van der Waals surface area contributed by atoms with E-state index in [-0.39, 0.29) is 15.7 Å². The average Bonchev–Trinajstić information content (AvgIpc) is 2.94. The predicted molar refractivity (Wildman–Crippen MR) is 71.9 cm³/mol. The van der Waals surface area contributed by atoms with Crippen molar-refractivity contribution in [3.05, 3.63) is 15.8 Å². The Balaban J connectivity index is 2.41. The zero-order valence-electron chi connectivity index (χ0n) is 10.5. The third-order valence-corrected chi connectivity index (χ3v) is 6.56. The summed E-state index contributed by atoms with van der Waals surface area (Å²) in [5, 5.41) is 10.7. The summed E-state index contributed by atoms with van der Waals surface area (Å²) in [6.45, 7) is 2.83. The Morgan fingerprint density at radius 1 is 1.63 bits per heavy atom. The van der Waals surface area contributed by atoms with E-state index >= 15 is 0 Å². The maximum atomic E-state index is 12.5. The van der Waals surface area contributed by atoms with Crippen molar-refractivity contribution in [2.45, 2.75) is 18.2 Å². The van der Waals surface area contributed by atoms with E-state index in [2.05, 4.69) is 0 Å². The minimum Gasteiger partial charge on any atom is -0.477 e. The van der Waals surface area contributed by atoms with Gasteiger partial charge < -0.3 is 10.8 Å². The van der Waals surface area contributed by atoms with E-state index < -0.39 is 16.0 Å². The fourth-order valence-electron chi connectivity index (χ4n) is 2.24. The van der Waals surface area contributed by atoms with Gasteiger partial charge in [0, 0.05) is 13.1 Å². The fourth-order valence-corrected chi connectivity index (χ4v) is 5.35. The molecule has 1 atom stereocenters. The molecule has 8 heteroatoms. The SMILES string of the molecule is Cc1csc(C(=O)O)c1S(=O)(=O)N1CCC(CN)C1. The Bertz CT molecular complexity index is 594. The van der Waals surface area contributed by atoms with Crippen molar-refractivity contribution in [2.75, 3.05) is 19.6 Å². The Hall–Kier alpha value is -0.960. The molecule has 2 heterocycles. The van der Waals surface area contributed by atoms with Crippen LogP contribution in [0.2, 0.25) is 0 Å². The van der Waals surface area contributed by atoms with Crippen LogP contribution in [0, 0.1) is 12.8 Å². The van der Waals surface area contributed by atoms with E-state index in [4.69, 9.17) is 10.8 Å². The van der Waals surface area contributed by atoms with Crippen LogP contribution in [0.15, 0.2) is 10.3 Å². The van der Waals surface area contributed by atoms with Gasteiger partial charge in [0.25, 0.3) is 0 Å². The van der Waals surface area contributed by atoms with Crippen LogP contribution in [-0.4, -0.2) is 43.4 Å². The number of hydrogen-bond donors (Lipinski definition) is 2. The lowest BCUT2D eigenvalue weighted by Crippen LogP contribution is -2.31. The molecule has 1 fully saturated rings. The lowest BCUT2D eigenvalue weighted by molar-refractivity contribution is 0.0698. The lowest BCUT2D eigenvalue weighted by Gasteiger charge is -2.17. The minimum absolute atomic E-state index is 0.0670. The highest BCUT2D eigenvalue weighted by Crippen LogP contribution is 2.32. The van der Waals surface area contributed by atoms with Gasteiger partial charge in [-0.05, 0) is 36.8 Å². The van der Waals surface area contributed by atoms with Gasteiger partial charge in [0.2, 0.25) is 10.0 Å². The zero-order chi connectivity index (χ0) is 14.2. The Kier molecular flexibility index (Phi) is 3.95. The van der Waals surface area contributed by atoms with Crippen molar-refractivity contribution >= 4 is 27.3 Å². The number of rotatable bonds is 4. The molecule has 1 aliphatic heterocycles. The first-order valence-electron chi connectivity index (χ1n) is 5.89. The summed E-state index contributed by atoms with van der Waals surface area (Å²) in [6, 6.07) is 0. The Labute approximate surface area is 115 Å². The number of nitrogens with two attached hydrogens (primary N) is 1. The summed E-state index contributed by atoms with van der Waals surface area (Å²) >= 11 is 0.946. The number of nitrogens with zero attached hydrogens (tertiary/aromatic N) is 1. The number of carboxylic acids is 1. The smallest absolute Gasteiger partial charge is 0.347 e. The standard InChI is InChI=1S/C11H16N2O4S2/c1-7-6-18-9(11(14)15)10(7)19(16,17)13-3-2-8(4-12)5-13/h6,8H,2-5,12H2,1H3,(H,14,15). The summed E-state index contributed by atoms with van der Waals surface area (Å²) in [6.07, 6.45) is 0.724. The third-order valence-electron chi connectivity index (χ3n) is 3.29. The second-order valence-corrected chi connectivity index (χ2v) is 7.39. The Morgan fingerprint density at radius 3 is 2.84 bits per heavy atom. The highest BCUT2D eigenvalue weighted by atomic mass is 32.2. The normalized spacial score (nSPS) is 20.8. The molecular weight excluding hydrogens is 288 g/mol. The van der Waals surface area contributed by atoms with Crippen LogP contribution < -0.4 is 5.73 Å². The Morgan fingerprint density at radius 2 is 2.32 bits per heavy atom. The molecule has 1 aromatic rings. The van der Waals surface area contributed by atoms with E-state index in [0.717, 1.165) is 17.8 Å². The van der Waals surface area contributed by atoms with Crippen LogP contribution in [0.3, 0.4) is 0 Å². The summed E-state index contributed by atoms with van der Waals surface area (Å²) in [5.74, 6) is -1.05. The molecule has 2 rings (SSSR count). The van der Waals surface area contributed by atoms with Gasteiger partial charge in [-0.3, -0.25) is 0 Å². The van der Waals surface area contributed by atoms with E-state index in [1.54, 1.807) is 12.3 Å². The van der Waals surface area contributed by atoms with Crippen molar-refractivity contribution in [1.29, 1.82) is 0 Å². The zero-order valence-corrected chi connectivity index (χ0v) is 12.1. The van der Waals surface area contributed by atoms with Crippen LogP contribution in [0.4, 0.5) is 0 Å². The van der Waals surface area contributed by atoms with Crippen LogP contribution in [-0.2, 0) is 10.0 Å². The summed E-state index contributed by atoms with van der Waals surface area (Å²) in [4.78, 5) is 10.9. The molecule has 19 heavy (non-hydrogen) atoms. The van der Waals surface area contributed by atoms with Crippen molar-refractivity contribution in [3.63, 3.8) is 0 Å². The van der Waals surface area contributed by atoms with Crippen LogP contribution in [0.1, 0.15) is 21.7 Å². The molecule has 1 aromatic heterocycles. The molecule has 106 valence electrons. The molecular formula is C11H16N2O4S2. The van der Waals surface area contributed by atoms with Gasteiger partial charge in [-0.2, -0.15) is 4.31 Å². The van der Waals surface area contributed by atoms with Crippen LogP contribution >= 0.6 is 11.3 Å².